The monoisotopic (exact) mass is 372 g/mol. The van der Waals surface area contributed by atoms with Gasteiger partial charge in [0.2, 0.25) is 0 Å². The second-order valence-electron chi connectivity index (χ2n) is 7.03. The van der Waals surface area contributed by atoms with Crippen LogP contribution in [-0.2, 0) is 6.54 Å². The summed E-state index contributed by atoms with van der Waals surface area (Å²) in [5.74, 6) is 1.67. The van der Waals surface area contributed by atoms with Gasteiger partial charge < -0.3 is 4.90 Å². The van der Waals surface area contributed by atoms with Crippen molar-refractivity contribution < 1.29 is 0 Å². The minimum atomic E-state index is -0.0957. The number of anilines is 1. The Morgan fingerprint density at radius 3 is 2.89 bits per heavy atom. The molecule has 1 unspecified atom stereocenters. The van der Waals surface area contributed by atoms with E-state index in [1.54, 1.807) is 33.9 Å². The van der Waals surface area contributed by atoms with Crippen molar-refractivity contribution in [3.05, 3.63) is 77.7 Å². The maximum absolute atomic E-state index is 12.4. The second kappa shape index (κ2) is 6.92. The number of hydrogen-bond acceptors (Lipinski definition) is 5. The number of fused-ring (bicyclic) bond motifs is 1. The van der Waals surface area contributed by atoms with Crippen molar-refractivity contribution in [2.75, 3.05) is 11.4 Å². The molecule has 1 atom stereocenters. The third-order valence-electron chi connectivity index (χ3n) is 5.31. The molecule has 0 spiro atoms. The van der Waals surface area contributed by atoms with Crippen LogP contribution in [0.2, 0.25) is 0 Å². The highest BCUT2D eigenvalue weighted by Gasteiger charge is 2.27. The highest BCUT2D eigenvalue weighted by atomic mass is 16.1. The molecule has 1 saturated heterocycles. The van der Waals surface area contributed by atoms with Crippen LogP contribution in [0, 0.1) is 0 Å². The van der Waals surface area contributed by atoms with Crippen LogP contribution in [0.5, 0.6) is 0 Å². The zero-order valence-corrected chi connectivity index (χ0v) is 15.3. The minimum absolute atomic E-state index is 0.0957. The van der Waals surface area contributed by atoms with Crippen molar-refractivity contribution >= 4 is 16.6 Å². The minimum Gasteiger partial charge on any atom is -0.351 e. The van der Waals surface area contributed by atoms with Gasteiger partial charge in [-0.3, -0.25) is 9.36 Å². The van der Waals surface area contributed by atoms with E-state index in [0.717, 1.165) is 30.6 Å². The van der Waals surface area contributed by atoms with Gasteiger partial charge in [0, 0.05) is 36.6 Å². The molecular formula is C21H20N6O. The average Bonchev–Trinajstić information content (AvgIpc) is 3.41. The van der Waals surface area contributed by atoms with Gasteiger partial charge in [0.1, 0.15) is 12.1 Å². The number of rotatable bonds is 4. The SMILES string of the molecule is O=c1ccc(-n2ccnc2)nn1CC1CCCN1c1nccc2ccccc12. The van der Waals surface area contributed by atoms with Gasteiger partial charge in [-0.05, 0) is 30.4 Å². The zero-order chi connectivity index (χ0) is 18.9. The molecule has 4 heterocycles. The molecule has 7 heteroatoms. The van der Waals surface area contributed by atoms with Crippen LogP contribution in [0.25, 0.3) is 16.6 Å². The van der Waals surface area contributed by atoms with Gasteiger partial charge >= 0.3 is 0 Å². The predicted molar refractivity (Wildman–Crippen MR) is 108 cm³/mol. The van der Waals surface area contributed by atoms with E-state index in [1.807, 2.05) is 30.6 Å². The number of aromatic nitrogens is 5. The lowest BCUT2D eigenvalue weighted by molar-refractivity contribution is 0.485. The van der Waals surface area contributed by atoms with Crippen LogP contribution < -0.4 is 10.5 Å². The average molecular weight is 372 g/mol. The number of nitrogens with zero attached hydrogens (tertiary/aromatic N) is 6. The molecule has 1 aliphatic heterocycles. The zero-order valence-electron chi connectivity index (χ0n) is 15.3. The summed E-state index contributed by atoms with van der Waals surface area (Å²) in [4.78, 5) is 23.5. The Kier molecular flexibility index (Phi) is 4.12. The van der Waals surface area contributed by atoms with Gasteiger partial charge in [-0.25, -0.2) is 14.6 Å². The van der Waals surface area contributed by atoms with E-state index in [-0.39, 0.29) is 11.6 Å². The van der Waals surface area contributed by atoms with E-state index < -0.39 is 0 Å². The Hall–Kier alpha value is -3.48. The summed E-state index contributed by atoms with van der Waals surface area (Å²) in [6, 6.07) is 13.8. The van der Waals surface area contributed by atoms with Crippen molar-refractivity contribution in [3.8, 4) is 5.82 Å². The molecule has 1 aromatic carbocycles. The lowest BCUT2D eigenvalue weighted by Crippen LogP contribution is -2.37. The summed E-state index contributed by atoms with van der Waals surface area (Å²) in [7, 11) is 0. The third kappa shape index (κ3) is 2.94. The first-order chi connectivity index (χ1) is 13.8. The topological polar surface area (TPSA) is 68.8 Å². The molecule has 140 valence electrons. The van der Waals surface area contributed by atoms with E-state index in [9.17, 15) is 4.79 Å². The molecule has 4 aromatic rings. The largest absolute Gasteiger partial charge is 0.351 e. The molecule has 1 aliphatic rings. The van der Waals surface area contributed by atoms with Gasteiger partial charge in [0.05, 0.1) is 12.6 Å². The second-order valence-corrected chi connectivity index (χ2v) is 7.03. The summed E-state index contributed by atoms with van der Waals surface area (Å²) >= 11 is 0. The van der Waals surface area contributed by atoms with E-state index in [0.29, 0.717) is 12.4 Å². The van der Waals surface area contributed by atoms with Gasteiger partial charge in [-0.2, -0.15) is 5.10 Å². The van der Waals surface area contributed by atoms with Crippen LogP contribution in [0.15, 0.2) is 72.2 Å². The molecule has 0 saturated carbocycles. The molecule has 5 rings (SSSR count). The van der Waals surface area contributed by atoms with Crippen LogP contribution in [0.4, 0.5) is 5.82 Å². The quantitative estimate of drug-likeness (QED) is 0.551. The molecule has 0 bridgehead atoms. The normalized spacial score (nSPS) is 16.7. The van der Waals surface area contributed by atoms with Crippen LogP contribution in [-0.4, -0.2) is 36.9 Å². The molecule has 0 N–H and O–H groups in total. The molecule has 7 nitrogen and oxygen atoms in total. The van der Waals surface area contributed by atoms with Gasteiger partial charge in [0.15, 0.2) is 5.82 Å². The fraction of sp³-hybridized carbons (Fsp3) is 0.238. The summed E-state index contributed by atoms with van der Waals surface area (Å²) in [5.41, 5.74) is -0.0957. The predicted octanol–water partition coefficient (Wildman–Crippen LogP) is 2.65. The first kappa shape index (κ1) is 16.7. The van der Waals surface area contributed by atoms with Crippen molar-refractivity contribution in [1.29, 1.82) is 0 Å². The third-order valence-corrected chi connectivity index (χ3v) is 5.31. The fourth-order valence-corrected chi connectivity index (χ4v) is 3.94. The smallest absolute Gasteiger partial charge is 0.266 e. The van der Waals surface area contributed by atoms with E-state index >= 15 is 0 Å². The van der Waals surface area contributed by atoms with Gasteiger partial charge in [-0.1, -0.05) is 24.3 Å². The first-order valence-electron chi connectivity index (χ1n) is 9.46. The Bertz CT molecular complexity index is 1160. The number of pyridine rings is 1. The summed E-state index contributed by atoms with van der Waals surface area (Å²) in [6.45, 7) is 1.47. The van der Waals surface area contributed by atoms with Crippen molar-refractivity contribution in [1.82, 2.24) is 24.3 Å². The number of imidazole rings is 1. The summed E-state index contributed by atoms with van der Waals surface area (Å²) in [6.07, 6.45) is 9.14. The highest BCUT2D eigenvalue weighted by Crippen LogP contribution is 2.30. The van der Waals surface area contributed by atoms with Crippen molar-refractivity contribution in [2.45, 2.75) is 25.4 Å². The molecule has 0 radical (unpaired) electrons. The Morgan fingerprint density at radius 1 is 1.07 bits per heavy atom. The summed E-state index contributed by atoms with van der Waals surface area (Å²) in [5, 5.41) is 6.87. The van der Waals surface area contributed by atoms with E-state index in [1.165, 1.54) is 5.39 Å². The molecule has 1 fully saturated rings. The maximum atomic E-state index is 12.4. The van der Waals surface area contributed by atoms with E-state index in [2.05, 4.69) is 32.1 Å². The van der Waals surface area contributed by atoms with Gasteiger partial charge in [0.25, 0.3) is 5.56 Å². The van der Waals surface area contributed by atoms with Crippen LogP contribution in [0.1, 0.15) is 12.8 Å². The summed E-state index contributed by atoms with van der Waals surface area (Å²) < 4.78 is 3.36. The van der Waals surface area contributed by atoms with Crippen LogP contribution in [0.3, 0.4) is 0 Å². The standard InChI is InChI=1S/C21H20N6O/c28-20-8-7-19(25-13-11-22-15-25)24-27(20)14-17-5-3-12-26(17)21-18-6-2-1-4-16(18)9-10-23-21/h1-2,4,6-11,13,15,17H,3,5,12,14H2. The molecular weight excluding hydrogens is 352 g/mol. The van der Waals surface area contributed by atoms with Gasteiger partial charge in [-0.15, -0.1) is 0 Å². The van der Waals surface area contributed by atoms with Crippen molar-refractivity contribution in [3.63, 3.8) is 0 Å². The van der Waals surface area contributed by atoms with Crippen molar-refractivity contribution in [2.24, 2.45) is 0 Å². The Labute approximate surface area is 161 Å². The lowest BCUT2D eigenvalue weighted by atomic mass is 10.1. The number of hydrogen-bond donors (Lipinski definition) is 0. The van der Waals surface area contributed by atoms with E-state index in [4.69, 9.17) is 0 Å². The molecule has 3 aromatic heterocycles. The lowest BCUT2D eigenvalue weighted by Gasteiger charge is -2.27. The molecule has 28 heavy (non-hydrogen) atoms. The Balaban J connectivity index is 1.48. The molecule has 0 aliphatic carbocycles. The Morgan fingerprint density at radius 2 is 2.00 bits per heavy atom. The fourth-order valence-electron chi connectivity index (χ4n) is 3.94. The van der Waals surface area contributed by atoms with Crippen LogP contribution >= 0.6 is 0 Å². The number of benzene rings is 1. The highest BCUT2D eigenvalue weighted by molar-refractivity contribution is 5.92. The first-order valence-corrected chi connectivity index (χ1v) is 9.46. The maximum Gasteiger partial charge on any atom is 0.266 e. The molecule has 0 amide bonds.